The summed E-state index contributed by atoms with van der Waals surface area (Å²) in [6, 6.07) is -0.983. The predicted molar refractivity (Wildman–Crippen MR) is 143 cm³/mol. The smallest absolute Gasteiger partial charge is 0.331 e. The molecule has 11 nitrogen and oxygen atoms in total. The summed E-state index contributed by atoms with van der Waals surface area (Å²) in [5, 5.41) is 38.9. The topological polar surface area (TPSA) is 157 Å². The minimum atomic E-state index is -1.21. The van der Waals surface area contributed by atoms with Crippen molar-refractivity contribution >= 4 is 5.97 Å². The van der Waals surface area contributed by atoms with Crippen LogP contribution in [-0.4, -0.2) is 82.8 Å². The number of rotatable bonds is 5. The molecule has 1 unspecified atom stereocenters. The van der Waals surface area contributed by atoms with Crippen LogP contribution in [0, 0.1) is 34.5 Å². The van der Waals surface area contributed by atoms with E-state index in [0.29, 0.717) is 18.4 Å². The van der Waals surface area contributed by atoms with E-state index in [1.54, 1.807) is 18.2 Å². The molecule has 1 saturated heterocycles. The minimum Gasteiger partial charge on any atom is -0.458 e. The summed E-state index contributed by atoms with van der Waals surface area (Å²) in [6.45, 7) is 5.00. The summed E-state index contributed by atoms with van der Waals surface area (Å²) in [5.74, 6) is 1.04. The van der Waals surface area contributed by atoms with Gasteiger partial charge in [0.05, 0.1) is 31.5 Å². The molecule has 0 radical (unpaired) electrons. The third kappa shape index (κ3) is 4.07. The molecule has 0 spiro atoms. The van der Waals surface area contributed by atoms with Crippen LogP contribution in [0.5, 0.6) is 0 Å². The number of aliphatic hydroxyl groups excluding tert-OH is 2. The normalized spacial score (nSPS) is 50.3. The molecule has 6 rings (SSSR count). The Labute approximate surface area is 235 Å². The number of ether oxygens (including phenoxy) is 2. The first-order valence-corrected chi connectivity index (χ1v) is 15.0. The predicted octanol–water partition coefficient (Wildman–Crippen LogP) is 3.23. The Morgan fingerprint density at radius 3 is 2.62 bits per heavy atom. The van der Waals surface area contributed by atoms with Crippen molar-refractivity contribution in [2.75, 3.05) is 20.3 Å². The Balaban J connectivity index is 1.19. The number of aliphatic hydroxyl groups is 3. The van der Waals surface area contributed by atoms with Gasteiger partial charge in [0.15, 0.2) is 6.23 Å². The average Bonchev–Trinajstić information content (AvgIpc) is 3.47. The lowest BCUT2D eigenvalue weighted by atomic mass is 9.43. The molecule has 3 N–H and O–H groups in total. The van der Waals surface area contributed by atoms with Gasteiger partial charge in [-0.05, 0) is 98.0 Å². The summed E-state index contributed by atoms with van der Waals surface area (Å²) >= 11 is 0. The Morgan fingerprint density at radius 1 is 1.12 bits per heavy atom. The van der Waals surface area contributed by atoms with E-state index in [-0.39, 0.29) is 41.3 Å². The number of nitrogens with zero attached hydrogens (tertiary/aromatic N) is 4. The van der Waals surface area contributed by atoms with Gasteiger partial charge in [-0.3, -0.25) is 4.84 Å². The molecule has 11 heteroatoms. The highest BCUT2D eigenvalue weighted by Crippen LogP contribution is 2.70. The maximum Gasteiger partial charge on any atom is 0.331 e. The van der Waals surface area contributed by atoms with Crippen LogP contribution in [0.4, 0.5) is 0 Å². The number of carbonyl (C=O) groups is 1. The van der Waals surface area contributed by atoms with E-state index in [1.807, 2.05) is 0 Å². The van der Waals surface area contributed by atoms with Crippen molar-refractivity contribution in [3.63, 3.8) is 0 Å². The van der Waals surface area contributed by atoms with Crippen molar-refractivity contribution in [2.45, 2.75) is 108 Å². The van der Waals surface area contributed by atoms with Crippen molar-refractivity contribution in [2.24, 2.45) is 39.6 Å². The SMILES string of the molecule is CON([C@H]1CC[C@@]2(C)[C@H](CC[C@@H]3[C@@H]2CC[C@]2(C)[C@@H](C4=CC(=O)OC4)CC[C@]32O)C1)[C@@H]1OC[C@@H](O)C(N=[N+]=[N-])[C@H]1O. The Morgan fingerprint density at radius 2 is 1.93 bits per heavy atom. The van der Waals surface area contributed by atoms with Gasteiger partial charge in [-0.2, -0.15) is 5.06 Å². The second-order valence-electron chi connectivity index (χ2n) is 13.7. The summed E-state index contributed by atoms with van der Waals surface area (Å²) in [7, 11) is 1.57. The average molecular weight is 561 g/mol. The minimum absolute atomic E-state index is 0.0147. The Kier molecular flexibility index (Phi) is 7.26. The van der Waals surface area contributed by atoms with Gasteiger partial charge < -0.3 is 24.8 Å². The molecule has 0 aromatic heterocycles. The number of carbonyl (C=O) groups excluding carboxylic acids is 1. The molecule has 4 aliphatic carbocycles. The van der Waals surface area contributed by atoms with Gasteiger partial charge >= 0.3 is 5.97 Å². The van der Waals surface area contributed by atoms with Crippen molar-refractivity contribution in [3.8, 4) is 0 Å². The number of hydrogen-bond acceptors (Lipinski definition) is 9. The van der Waals surface area contributed by atoms with Gasteiger partial charge in [0.25, 0.3) is 0 Å². The van der Waals surface area contributed by atoms with Crippen molar-refractivity contribution in [1.29, 1.82) is 0 Å². The molecule has 2 aliphatic heterocycles. The van der Waals surface area contributed by atoms with E-state index in [9.17, 15) is 20.1 Å². The van der Waals surface area contributed by atoms with Crippen LogP contribution in [0.25, 0.3) is 10.4 Å². The fourth-order valence-corrected chi connectivity index (χ4v) is 10.3. The Bertz CT molecular complexity index is 1100. The van der Waals surface area contributed by atoms with Crippen LogP contribution < -0.4 is 0 Å². The lowest BCUT2D eigenvalue weighted by Gasteiger charge is -2.64. The molecular formula is C29H44N4O7. The van der Waals surface area contributed by atoms with Gasteiger partial charge in [-0.15, -0.1) is 0 Å². The zero-order valence-corrected chi connectivity index (χ0v) is 23.8. The molecule has 222 valence electrons. The van der Waals surface area contributed by atoms with E-state index < -0.39 is 30.1 Å². The fourth-order valence-electron chi connectivity index (χ4n) is 10.3. The largest absolute Gasteiger partial charge is 0.458 e. The number of cyclic esters (lactones) is 1. The number of hydrogen-bond donors (Lipinski definition) is 3. The monoisotopic (exact) mass is 560 g/mol. The second-order valence-corrected chi connectivity index (χ2v) is 13.7. The second kappa shape index (κ2) is 10.2. The number of azide groups is 1. The molecular weight excluding hydrogens is 516 g/mol. The van der Waals surface area contributed by atoms with Crippen LogP contribution in [0.1, 0.15) is 71.6 Å². The summed E-state index contributed by atoms with van der Waals surface area (Å²) < 4.78 is 11.1. The summed E-state index contributed by atoms with van der Waals surface area (Å²) in [4.78, 5) is 20.4. The quantitative estimate of drug-likeness (QED) is 0.152. The molecule has 12 atom stereocenters. The molecule has 0 amide bonds. The van der Waals surface area contributed by atoms with Crippen LogP contribution in [0.3, 0.4) is 0 Å². The van der Waals surface area contributed by atoms with Gasteiger partial charge in [0.1, 0.15) is 12.7 Å². The highest BCUT2D eigenvalue weighted by Gasteiger charge is 2.68. The molecule has 40 heavy (non-hydrogen) atoms. The zero-order chi connectivity index (χ0) is 28.4. The highest BCUT2D eigenvalue weighted by molar-refractivity contribution is 5.85. The van der Waals surface area contributed by atoms with Crippen LogP contribution in [-0.2, 0) is 19.1 Å². The maximum absolute atomic E-state index is 12.5. The Hall–Kier alpha value is -1.72. The maximum atomic E-state index is 12.5. The van der Waals surface area contributed by atoms with Gasteiger partial charge in [-0.1, -0.05) is 19.0 Å². The lowest BCUT2D eigenvalue weighted by Crippen LogP contribution is -2.64. The van der Waals surface area contributed by atoms with E-state index in [4.69, 9.17) is 19.8 Å². The molecule has 0 aromatic rings. The molecule has 0 aromatic carbocycles. The third-order valence-electron chi connectivity index (χ3n) is 12.4. The first-order valence-electron chi connectivity index (χ1n) is 15.0. The molecule has 5 fully saturated rings. The third-order valence-corrected chi connectivity index (χ3v) is 12.4. The highest BCUT2D eigenvalue weighted by atomic mass is 16.7. The summed E-state index contributed by atoms with van der Waals surface area (Å²) in [5.41, 5.74) is 9.08. The van der Waals surface area contributed by atoms with Crippen LogP contribution in [0.2, 0.25) is 0 Å². The van der Waals surface area contributed by atoms with Crippen molar-refractivity contribution in [3.05, 3.63) is 22.1 Å². The standard InChI is InChI=1S/C29H44N4O7/c1-27-9-6-18(33(38-3)26-25(36)24(31-32-30)22(34)15-40-26)13-17(27)4-5-21-20(27)7-10-28(2)19(8-11-29(21,28)37)16-12-23(35)39-14-16/h12,17-22,24-26,34,36-37H,4-11,13-15H2,1-3H3/t17-,18+,19-,20+,21-,22-,24?,25-,26-,27+,28-,29+/m1/s1. The summed E-state index contributed by atoms with van der Waals surface area (Å²) in [6.07, 6.45) is 6.98. The number of esters is 1. The molecule has 2 heterocycles. The van der Waals surface area contributed by atoms with Gasteiger partial charge in [0.2, 0.25) is 0 Å². The van der Waals surface area contributed by atoms with E-state index >= 15 is 0 Å². The lowest BCUT2D eigenvalue weighted by molar-refractivity contribution is -0.314. The van der Waals surface area contributed by atoms with Crippen molar-refractivity contribution < 1.29 is 34.4 Å². The molecule has 0 bridgehead atoms. The first kappa shape index (κ1) is 28.4. The van der Waals surface area contributed by atoms with E-state index in [1.165, 1.54) is 0 Å². The van der Waals surface area contributed by atoms with E-state index in [0.717, 1.165) is 63.4 Å². The van der Waals surface area contributed by atoms with Crippen LogP contribution >= 0.6 is 0 Å². The first-order chi connectivity index (χ1) is 19.1. The fraction of sp³-hybridized carbons (Fsp3) is 0.897. The molecule has 6 aliphatic rings. The number of hydroxylamine groups is 2. The van der Waals surface area contributed by atoms with Crippen LogP contribution in [0.15, 0.2) is 16.8 Å². The zero-order valence-electron chi connectivity index (χ0n) is 23.8. The molecule has 4 saturated carbocycles. The van der Waals surface area contributed by atoms with Crippen molar-refractivity contribution in [1.82, 2.24) is 5.06 Å². The van der Waals surface area contributed by atoms with Gasteiger partial charge in [0, 0.05) is 22.4 Å². The van der Waals surface area contributed by atoms with Gasteiger partial charge in [-0.25, -0.2) is 4.79 Å². The van der Waals surface area contributed by atoms with E-state index in [2.05, 4.69) is 23.9 Å². The number of fused-ring (bicyclic) bond motifs is 5.